The fraction of sp³-hybridized carbons (Fsp3) is 0.0435. The highest BCUT2D eigenvalue weighted by molar-refractivity contribution is 6.30. The van der Waals surface area contributed by atoms with Crippen molar-refractivity contribution < 1.29 is 5.11 Å². The van der Waals surface area contributed by atoms with E-state index in [0.29, 0.717) is 28.5 Å². The fourth-order valence-corrected chi connectivity index (χ4v) is 3.80. The molecule has 0 unspecified atom stereocenters. The van der Waals surface area contributed by atoms with Gasteiger partial charge in [0, 0.05) is 24.0 Å². The first kappa shape index (κ1) is 17.5. The molecule has 5 aromatic rings. The number of anilines is 1. The van der Waals surface area contributed by atoms with Gasteiger partial charge in [-0.2, -0.15) is 0 Å². The number of aromatic nitrogens is 3. The Morgan fingerprint density at radius 2 is 1.93 bits per heavy atom. The lowest BCUT2D eigenvalue weighted by Gasteiger charge is -2.12. The van der Waals surface area contributed by atoms with Crippen molar-refractivity contribution in [2.24, 2.45) is 0 Å². The van der Waals surface area contributed by atoms with Gasteiger partial charge in [0.05, 0.1) is 11.8 Å². The minimum absolute atomic E-state index is 0.186. The summed E-state index contributed by atoms with van der Waals surface area (Å²) in [5, 5.41) is 16.9. The van der Waals surface area contributed by atoms with Gasteiger partial charge in [-0.3, -0.25) is 9.38 Å². The van der Waals surface area contributed by atoms with Gasteiger partial charge in [-0.25, -0.2) is 4.98 Å². The zero-order valence-corrected chi connectivity index (χ0v) is 16.1. The molecule has 0 aliphatic rings. The van der Waals surface area contributed by atoms with E-state index in [1.165, 1.54) is 0 Å². The lowest BCUT2D eigenvalue weighted by molar-refractivity contribution is 0.478. The molecule has 0 fully saturated rings. The summed E-state index contributed by atoms with van der Waals surface area (Å²) in [6, 6.07) is 19.3. The first-order valence-electron chi connectivity index (χ1n) is 9.22. The number of nitrogens with one attached hydrogen (secondary N) is 1. The van der Waals surface area contributed by atoms with Gasteiger partial charge in [-0.1, -0.05) is 54.1 Å². The second kappa shape index (κ2) is 7.11. The Kier molecular flexibility index (Phi) is 4.30. The quantitative estimate of drug-likeness (QED) is 0.417. The van der Waals surface area contributed by atoms with Crippen LogP contribution in [-0.4, -0.2) is 19.5 Å². The lowest BCUT2D eigenvalue weighted by Crippen LogP contribution is -2.03. The van der Waals surface area contributed by atoms with Gasteiger partial charge in [-0.15, -0.1) is 0 Å². The Labute approximate surface area is 172 Å². The summed E-state index contributed by atoms with van der Waals surface area (Å²) in [5.74, 6) is 0.972. The van der Waals surface area contributed by atoms with Crippen LogP contribution < -0.4 is 5.32 Å². The Hall–Kier alpha value is -3.57. The average Bonchev–Trinajstić information content (AvgIpc) is 3.10. The average molecular weight is 401 g/mol. The summed E-state index contributed by atoms with van der Waals surface area (Å²) >= 11 is 6.13. The third kappa shape index (κ3) is 3.15. The molecule has 2 heterocycles. The zero-order chi connectivity index (χ0) is 19.8. The molecule has 0 atom stereocenters. The summed E-state index contributed by atoms with van der Waals surface area (Å²) in [6.07, 6.45) is 5.27. The summed E-state index contributed by atoms with van der Waals surface area (Å²) in [6.45, 7) is 0.565. The highest BCUT2D eigenvalue weighted by Crippen LogP contribution is 2.40. The minimum atomic E-state index is 0.186. The Balaban J connectivity index is 1.69. The van der Waals surface area contributed by atoms with Gasteiger partial charge in [0.1, 0.15) is 17.3 Å². The van der Waals surface area contributed by atoms with Crippen LogP contribution in [0.15, 0.2) is 79.3 Å². The van der Waals surface area contributed by atoms with Crippen LogP contribution in [0.1, 0.15) is 5.56 Å². The summed E-state index contributed by atoms with van der Waals surface area (Å²) in [4.78, 5) is 8.96. The SMILES string of the molecule is Oc1ccc2ccccc2c1-c1nc2cnccn2c1NCc1cccc(Cl)c1. The van der Waals surface area contributed by atoms with Gasteiger partial charge in [0.25, 0.3) is 0 Å². The number of aromatic hydroxyl groups is 1. The van der Waals surface area contributed by atoms with Crippen molar-refractivity contribution >= 4 is 33.8 Å². The predicted octanol–water partition coefficient (Wildman–Crippen LogP) is 5.52. The van der Waals surface area contributed by atoms with Crippen molar-refractivity contribution in [2.45, 2.75) is 6.54 Å². The molecule has 3 aromatic carbocycles. The van der Waals surface area contributed by atoms with Gasteiger partial charge >= 0.3 is 0 Å². The third-order valence-corrected chi connectivity index (χ3v) is 5.16. The molecule has 0 aliphatic carbocycles. The highest BCUT2D eigenvalue weighted by Gasteiger charge is 2.19. The van der Waals surface area contributed by atoms with E-state index in [9.17, 15) is 5.11 Å². The molecule has 5 nitrogen and oxygen atoms in total. The van der Waals surface area contributed by atoms with Crippen LogP contribution in [0.2, 0.25) is 5.02 Å². The van der Waals surface area contributed by atoms with E-state index in [2.05, 4.69) is 10.3 Å². The van der Waals surface area contributed by atoms with Gasteiger partial charge < -0.3 is 10.4 Å². The fourth-order valence-electron chi connectivity index (χ4n) is 3.59. The van der Waals surface area contributed by atoms with E-state index in [1.54, 1.807) is 18.5 Å². The van der Waals surface area contributed by atoms with Crippen LogP contribution in [-0.2, 0) is 6.54 Å². The molecule has 0 bridgehead atoms. The third-order valence-electron chi connectivity index (χ3n) is 4.92. The Bertz CT molecular complexity index is 1350. The molecule has 0 saturated heterocycles. The molecule has 0 saturated carbocycles. The number of hydrogen-bond acceptors (Lipinski definition) is 4. The maximum atomic E-state index is 10.7. The predicted molar refractivity (Wildman–Crippen MR) is 116 cm³/mol. The molecule has 29 heavy (non-hydrogen) atoms. The van der Waals surface area contributed by atoms with Crippen molar-refractivity contribution in [2.75, 3.05) is 5.32 Å². The summed E-state index contributed by atoms with van der Waals surface area (Å²) < 4.78 is 1.94. The lowest BCUT2D eigenvalue weighted by atomic mass is 10.0. The number of fused-ring (bicyclic) bond motifs is 2. The maximum Gasteiger partial charge on any atom is 0.157 e. The van der Waals surface area contributed by atoms with Crippen LogP contribution in [0.5, 0.6) is 5.75 Å². The first-order valence-corrected chi connectivity index (χ1v) is 9.60. The molecule has 0 aliphatic heterocycles. The molecular formula is C23H17ClN4O. The van der Waals surface area contributed by atoms with Crippen molar-refractivity contribution in [3.63, 3.8) is 0 Å². The van der Waals surface area contributed by atoms with Crippen molar-refractivity contribution in [3.8, 4) is 17.0 Å². The van der Waals surface area contributed by atoms with E-state index in [4.69, 9.17) is 16.6 Å². The normalized spacial score (nSPS) is 11.2. The monoisotopic (exact) mass is 400 g/mol. The second-order valence-electron chi connectivity index (χ2n) is 6.78. The first-order chi connectivity index (χ1) is 14.2. The number of phenolic OH excluding ortho intramolecular Hbond substituents is 1. The smallest absolute Gasteiger partial charge is 0.157 e. The number of benzene rings is 3. The molecule has 0 spiro atoms. The molecule has 2 aromatic heterocycles. The van der Waals surface area contributed by atoms with E-state index < -0.39 is 0 Å². The zero-order valence-electron chi connectivity index (χ0n) is 15.4. The van der Waals surface area contributed by atoms with Crippen LogP contribution in [0.25, 0.3) is 27.7 Å². The van der Waals surface area contributed by atoms with Gasteiger partial charge in [0.2, 0.25) is 0 Å². The highest BCUT2D eigenvalue weighted by atomic mass is 35.5. The van der Waals surface area contributed by atoms with Gasteiger partial charge in [0.15, 0.2) is 5.65 Å². The largest absolute Gasteiger partial charge is 0.507 e. The van der Waals surface area contributed by atoms with Crippen molar-refractivity contribution in [3.05, 3.63) is 89.8 Å². The molecule has 2 N–H and O–H groups in total. The summed E-state index contributed by atoms with van der Waals surface area (Å²) in [7, 11) is 0. The number of nitrogens with zero attached hydrogens (tertiary/aromatic N) is 3. The molecule has 0 amide bonds. The maximum absolute atomic E-state index is 10.7. The van der Waals surface area contributed by atoms with Crippen LogP contribution in [0.4, 0.5) is 5.82 Å². The van der Waals surface area contributed by atoms with Crippen molar-refractivity contribution in [1.29, 1.82) is 0 Å². The van der Waals surface area contributed by atoms with Gasteiger partial charge in [-0.05, 0) is 34.5 Å². The standard InChI is InChI=1S/C23H17ClN4O/c24-17-6-3-4-15(12-17)13-26-23-22(27-20-14-25-10-11-28(20)23)21-18-7-2-1-5-16(18)8-9-19(21)29/h1-12,14,26,29H,13H2. The Morgan fingerprint density at radius 3 is 2.83 bits per heavy atom. The number of imidazole rings is 1. The number of halogens is 1. The topological polar surface area (TPSA) is 62.5 Å². The molecule has 0 radical (unpaired) electrons. The number of phenols is 1. The molecule has 6 heteroatoms. The van der Waals surface area contributed by atoms with E-state index in [1.807, 2.05) is 65.2 Å². The van der Waals surface area contributed by atoms with E-state index >= 15 is 0 Å². The van der Waals surface area contributed by atoms with Crippen molar-refractivity contribution in [1.82, 2.24) is 14.4 Å². The molecular weight excluding hydrogens is 384 g/mol. The number of hydrogen-bond donors (Lipinski definition) is 2. The summed E-state index contributed by atoms with van der Waals surface area (Å²) in [5.41, 5.74) is 3.12. The van der Waals surface area contributed by atoms with Crippen LogP contribution >= 0.6 is 11.6 Å². The van der Waals surface area contributed by atoms with Crippen LogP contribution in [0.3, 0.4) is 0 Å². The van der Waals surface area contributed by atoms with E-state index in [0.717, 1.165) is 22.2 Å². The Morgan fingerprint density at radius 1 is 1.03 bits per heavy atom. The minimum Gasteiger partial charge on any atom is -0.507 e. The molecule has 142 valence electrons. The van der Waals surface area contributed by atoms with E-state index in [-0.39, 0.29) is 5.75 Å². The second-order valence-corrected chi connectivity index (χ2v) is 7.21. The van der Waals surface area contributed by atoms with Crippen LogP contribution in [0, 0.1) is 0 Å². The number of rotatable bonds is 4. The molecule has 5 rings (SSSR count).